The molecule has 7 nitrogen and oxygen atoms in total. The van der Waals surface area contributed by atoms with Gasteiger partial charge in [0.25, 0.3) is 0 Å². The zero-order valence-corrected chi connectivity index (χ0v) is 14.2. The highest BCUT2D eigenvalue weighted by Crippen LogP contribution is 2.32. The van der Waals surface area contributed by atoms with Crippen LogP contribution >= 0.6 is 0 Å². The lowest BCUT2D eigenvalue weighted by molar-refractivity contribution is -0.128. The Bertz CT molecular complexity index is 544. The van der Waals surface area contributed by atoms with Gasteiger partial charge in [0.15, 0.2) is 0 Å². The molecule has 1 aromatic heterocycles. The molecule has 2 saturated heterocycles. The quantitative estimate of drug-likeness (QED) is 0.779. The molecule has 0 unspecified atom stereocenters. The monoisotopic (exact) mass is 321 g/mol. The lowest BCUT2D eigenvalue weighted by Gasteiger charge is -2.32. The number of hydrogen-bond acceptors (Lipinski definition) is 5. The Morgan fingerprint density at radius 1 is 1.48 bits per heavy atom. The van der Waals surface area contributed by atoms with E-state index in [9.17, 15) is 4.79 Å². The molecule has 1 aromatic rings. The van der Waals surface area contributed by atoms with Gasteiger partial charge in [-0.1, -0.05) is 0 Å². The van der Waals surface area contributed by atoms with Crippen LogP contribution in [0.4, 0.5) is 0 Å². The van der Waals surface area contributed by atoms with Crippen molar-refractivity contribution < 1.29 is 9.53 Å². The average molecular weight is 321 g/mol. The normalized spacial score (nSPS) is 27.6. The summed E-state index contributed by atoms with van der Waals surface area (Å²) in [5.41, 5.74) is 1.21. The number of carbonyl (C=O) groups excluding carboxylic acids is 1. The highest BCUT2D eigenvalue weighted by molar-refractivity contribution is 5.79. The number of aryl methyl sites for hydroxylation is 1. The maximum absolute atomic E-state index is 12.4. The molecule has 1 amide bonds. The number of likely N-dealkylation sites (tertiary alicyclic amines) is 1. The fourth-order valence-corrected chi connectivity index (χ4v) is 3.49. The van der Waals surface area contributed by atoms with Gasteiger partial charge in [-0.25, -0.2) is 0 Å². The molecule has 0 radical (unpaired) electrons. The van der Waals surface area contributed by atoms with Crippen molar-refractivity contribution in [2.24, 2.45) is 13.0 Å². The first-order valence-electron chi connectivity index (χ1n) is 8.29. The molecule has 2 fully saturated rings. The average Bonchev–Trinajstić information content (AvgIpc) is 3.01. The summed E-state index contributed by atoms with van der Waals surface area (Å²) in [5.74, 6) is 0.128. The molecule has 2 bridgehead atoms. The van der Waals surface area contributed by atoms with Crippen LogP contribution in [-0.4, -0.2) is 78.0 Å². The minimum atomic E-state index is -0.0129. The molecule has 2 aliphatic heterocycles. The van der Waals surface area contributed by atoms with Crippen molar-refractivity contribution in [3.8, 4) is 0 Å². The summed E-state index contributed by atoms with van der Waals surface area (Å²) in [6.45, 7) is 4.14. The van der Waals surface area contributed by atoms with Gasteiger partial charge >= 0.3 is 0 Å². The van der Waals surface area contributed by atoms with Crippen molar-refractivity contribution in [3.05, 3.63) is 18.0 Å². The first kappa shape index (κ1) is 16.4. The fraction of sp³-hybridized carbons (Fsp3) is 0.750. The van der Waals surface area contributed by atoms with E-state index in [1.54, 1.807) is 0 Å². The van der Waals surface area contributed by atoms with Crippen LogP contribution in [0.5, 0.6) is 0 Å². The van der Waals surface area contributed by atoms with Crippen molar-refractivity contribution in [1.29, 1.82) is 0 Å². The lowest BCUT2D eigenvalue weighted by atomic mass is 9.99. The summed E-state index contributed by atoms with van der Waals surface area (Å²) >= 11 is 0. The molecule has 128 valence electrons. The fourth-order valence-electron chi connectivity index (χ4n) is 3.49. The van der Waals surface area contributed by atoms with E-state index in [1.807, 2.05) is 38.2 Å². The maximum atomic E-state index is 12.4. The van der Waals surface area contributed by atoms with Crippen molar-refractivity contribution in [2.45, 2.75) is 25.2 Å². The number of ether oxygens (including phenoxy) is 1. The standard InChI is InChI=1S/C16H27N5O2/c1-19(2)5-4-17-16(22)14-6-13-10-21(11-15(14)23-13)9-12-7-18-20(3)8-12/h7-8,13-15H,4-6,9-11H2,1-3H3,(H,17,22)/t13-,14+,15+/m0/s1. The maximum Gasteiger partial charge on any atom is 0.225 e. The van der Waals surface area contributed by atoms with E-state index in [2.05, 4.69) is 20.2 Å². The Balaban J connectivity index is 1.52. The SMILES string of the molecule is CN(C)CCNC(=O)[C@@H]1C[C@H]2CN(Cc3cnn(C)c3)C[C@H]1O2. The van der Waals surface area contributed by atoms with E-state index in [4.69, 9.17) is 4.74 Å². The highest BCUT2D eigenvalue weighted by Gasteiger charge is 2.44. The summed E-state index contributed by atoms with van der Waals surface area (Å²) in [4.78, 5) is 16.8. The molecular formula is C16H27N5O2. The van der Waals surface area contributed by atoms with E-state index < -0.39 is 0 Å². The van der Waals surface area contributed by atoms with Crippen LogP contribution in [0.3, 0.4) is 0 Å². The summed E-state index contributed by atoms with van der Waals surface area (Å²) in [5, 5.41) is 7.26. The van der Waals surface area contributed by atoms with Gasteiger partial charge in [0.05, 0.1) is 24.3 Å². The third kappa shape index (κ3) is 4.10. The Morgan fingerprint density at radius 2 is 2.30 bits per heavy atom. The predicted molar refractivity (Wildman–Crippen MR) is 86.8 cm³/mol. The number of nitrogens with zero attached hydrogens (tertiary/aromatic N) is 4. The zero-order valence-electron chi connectivity index (χ0n) is 14.2. The van der Waals surface area contributed by atoms with E-state index >= 15 is 0 Å². The topological polar surface area (TPSA) is 62.6 Å². The third-order valence-corrected chi connectivity index (χ3v) is 4.59. The summed E-state index contributed by atoms with van der Waals surface area (Å²) < 4.78 is 7.82. The number of rotatable bonds is 6. The number of carbonyl (C=O) groups is 1. The number of likely N-dealkylation sites (N-methyl/N-ethyl adjacent to an activating group) is 1. The number of amides is 1. The molecular weight excluding hydrogens is 294 g/mol. The zero-order chi connectivity index (χ0) is 16.4. The number of morpholine rings is 1. The van der Waals surface area contributed by atoms with Crippen molar-refractivity contribution >= 4 is 5.91 Å². The van der Waals surface area contributed by atoms with E-state index in [0.29, 0.717) is 6.54 Å². The summed E-state index contributed by atoms with van der Waals surface area (Å²) in [6.07, 6.45) is 4.98. The lowest BCUT2D eigenvalue weighted by Crippen LogP contribution is -2.45. The molecule has 23 heavy (non-hydrogen) atoms. The second-order valence-corrected chi connectivity index (χ2v) is 6.95. The van der Waals surface area contributed by atoms with Crippen LogP contribution in [0.1, 0.15) is 12.0 Å². The molecule has 0 spiro atoms. The molecule has 0 saturated carbocycles. The van der Waals surface area contributed by atoms with Gasteiger partial charge in [-0.3, -0.25) is 14.4 Å². The van der Waals surface area contributed by atoms with Gasteiger partial charge in [-0.2, -0.15) is 5.10 Å². The van der Waals surface area contributed by atoms with Crippen molar-refractivity contribution in [1.82, 2.24) is 24.9 Å². The largest absolute Gasteiger partial charge is 0.371 e. The first-order valence-corrected chi connectivity index (χ1v) is 8.29. The highest BCUT2D eigenvalue weighted by atomic mass is 16.5. The predicted octanol–water partition coefficient (Wildman–Crippen LogP) is -0.313. The van der Waals surface area contributed by atoms with Crippen molar-refractivity contribution in [2.75, 3.05) is 40.3 Å². The molecule has 3 rings (SSSR count). The molecule has 0 aromatic carbocycles. The van der Waals surface area contributed by atoms with Gasteiger partial charge in [-0.15, -0.1) is 0 Å². The van der Waals surface area contributed by atoms with Gasteiger partial charge in [0.1, 0.15) is 0 Å². The Labute approximate surface area is 137 Å². The van der Waals surface area contributed by atoms with Crippen molar-refractivity contribution in [3.63, 3.8) is 0 Å². The number of fused-ring (bicyclic) bond motifs is 2. The Hall–Kier alpha value is -1.44. The molecule has 0 aliphatic carbocycles. The Kier molecular flexibility index (Phi) is 4.99. The van der Waals surface area contributed by atoms with Crippen LogP contribution in [-0.2, 0) is 23.1 Å². The second kappa shape index (κ2) is 6.98. The van der Waals surface area contributed by atoms with E-state index in [1.165, 1.54) is 5.56 Å². The van der Waals surface area contributed by atoms with Gasteiger partial charge in [0, 0.05) is 51.5 Å². The minimum Gasteiger partial charge on any atom is -0.371 e. The second-order valence-electron chi connectivity index (χ2n) is 6.95. The summed E-state index contributed by atoms with van der Waals surface area (Å²) in [7, 11) is 5.95. The molecule has 3 atom stereocenters. The molecule has 2 aliphatic rings. The Morgan fingerprint density at radius 3 is 3.00 bits per heavy atom. The van der Waals surface area contributed by atoms with Gasteiger partial charge in [-0.05, 0) is 20.5 Å². The molecule has 3 heterocycles. The molecule has 7 heteroatoms. The van der Waals surface area contributed by atoms with Crippen LogP contribution in [0, 0.1) is 5.92 Å². The van der Waals surface area contributed by atoms with Gasteiger partial charge < -0.3 is 15.0 Å². The number of nitrogens with one attached hydrogen (secondary N) is 1. The van der Waals surface area contributed by atoms with Crippen LogP contribution in [0.15, 0.2) is 12.4 Å². The van der Waals surface area contributed by atoms with Crippen LogP contribution in [0.25, 0.3) is 0 Å². The third-order valence-electron chi connectivity index (χ3n) is 4.59. The van der Waals surface area contributed by atoms with E-state index in [-0.39, 0.29) is 24.0 Å². The summed E-state index contributed by atoms with van der Waals surface area (Å²) in [6, 6.07) is 0. The van der Waals surface area contributed by atoms with E-state index in [0.717, 1.165) is 32.6 Å². The minimum absolute atomic E-state index is 0.0129. The number of hydrogen-bond donors (Lipinski definition) is 1. The number of aromatic nitrogens is 2. The smallest absolute Gasteiger partial charge is 0.225 e. The molecule has 1 N–H and O–H groups in total. The van der Waals surface area contributed by atoms with Crippen LogP contribution in [0.2, 0.25) is 0 Å². The van der Waals surface area contributed by atoms with Gasteiger partial charge in [0.2, 0.25) is 5.91 Å². The van der Waals surface area contributed by atoms with Crippen LogP contribution < -0.4 is 5.32 Å². The first-order chi connectivity index (χ1) is 11.0.